The zero-order valence-corrected chi connectivity index (χ0v) is 26.7. The molecule has 2 saturated heterocycles. The van der Waals surface area contributed by atoms with E-state index in [4.69, 9.17) is 5.73 Å². The summed E-state index contributed by atoms with van der Waals surface area (Å²) in [7, 11) is 1.52. The maximum Gasteiger partial charge on any atom is 0.254 e. The fourth-order valence-corrected chi connectivity index (χ4v) is 5.97. The number of unbranched alkanes of at least 4 members (excludes halogenated alkanes) is 1. The molecule has 0 spiro atoms. The maximum absolute atomic E-state index is 12.9. The van der Waals surface area contributed by atoms with Crippen LogP contribution in [0.1, 0.15) is 54.4 Å². The third-order valence-corrected chi connectivity index (χ3v) is 8.93. The van der Waals surface area contributed by atoms with E-state index < -0.39 is 11.9 Å². The Hall–Kier alpha value is -4.12. The van der Waals surface area contributed by atoms with Gasteiger partial charge in [-0.05, 0) is 75.9 Å². The first kappa shape index (κ1) is 33.8. The van der Waals surface area contributed by atoms with Gasteiger partial charge in [0.1, 0.15) is 6.29 Å². The van der Waals surface area contributed by atoms with Crippen LogP contribution in [0.5, 0.6) is 0 Å². The topological polar surface area (TPSA) is 140 Å². The molecule has 2 aromatic carbocycles. The van der Waals surface area contributed by atoms with Crippen molar-refractivity contribution in [2.75, 3.05) is 74.9 Å². The highest BCUT2D eigenvalue weighted by molar-refractivity contribution is 6.01. The first-order chi connectivity index (χ1) is 21.8. The second-order valence-corrected chi connectivity index (χ2v) is 12.1. The highest BCUT2D eigenvalue weighted by Crippen LogP contribution is 2.27. The van der Waals surface area contributed by atoms with Crippen LogP contribution in [0, 0.1) is 12.8 Å². The number of piperazine rings is 1. The Kier molecular flexibility index (Phi) is 12.6. The van der Waals surface area contributed by atoms with Gasteiger partial charge in [0.25, 0.3) is 5.91 Å². The lowest BCUT2D eigenvalue weighted by Crippen LogP contribution is -2.46. The maximum atomic E-state index is 12.9. The summed E-state index contributed by atoms with van der Waals surface area (Å²) in [5.74, 6) is -0.562. The first-order valence-electron chi connectivity index (χ1n) is 16.2. The molecule has 0 radical (unpaired) electrons. The van der Waals surface area contributed by atoms with Gasteiger partial charge >= 0.3 is 0 Å². The minimum absolute atomic E-state index is 0.0266. The summed E-state index contributed by atoms with van der Waals surface area (Å²) in [6.07, 6.45) is 4.46. The van der Waals surface area contributed by atoms with Crippen molar-refractivity contribution in [1.82, 2.24) is 20.9 Å². The van der Waals surface area contributed by atoms with E-state index in [1.807, 2.05) is 6.07 Å². The van der Waals surface area contributed by atoms with Gasteiger partial charge in [-0.15, -0.1) is 0 Å². The molecular weight excluding hydrogens is 570 g/mol. The van der Waals surface area contributed by atoms with Crippen molar-refractivity contribution in [3.05, 3.63) is 53.6 Å². The zero-order valence-electron chi connectivity index (χ0n) is 26.7. The van der Waals surface area contributed by atoms with Crippen LogP contribution in [0.2, 0.25) is 0 Å². The number of piperidine rings is 1. The number of anilines is 3. The second-order valence-electron chi connectivity index (χ2n) is 12.1. The Labute approximate surface area is 266 Å². The number of rotatable bonds is 14. The Bertz CT molecular complexity index is 1290. The standard InChI is InChI=1S/C34H49N7O4/c1-25-5-8-28(9-6-25)41-21-19-39(20-22-41)16-4-3-15-37-33(44)26-13-17-40(18-14-26)29-10-11-31(35)30(23-29)34(45)38-27(24-42)7-12-32(43)36-2/h5-6,8-11,23-24,26-27H,3-4,7,12-22,35H2,1-2H3,(H,36,43)(H,37,44)(H,38,45). The van der Waals surface area contributed by atoms with Crippen LogP contribution in [0.4, 0.5) is 17.1 Å². The fourth-order valence-electron chi connectivity index (χ4n) is 5.97. The molecular formula is C34H49N7O4. The molecule has 2 heterocycles. The number of carbonyl (C=O) groups is 4. The normalized spacial score (nSPS) is 16.6. The average molecular weight is 620 g/mol. The van der Waals surface area contributed by atoms with Crippen molar-refractivity contribution in [2.24, 2.45) is 5.92 Å². The molecule has 11 nitrogen and oxygen atoms in total. The van der Waals surface area contributed by atoms with Crippen LogP contribution < -0.4 is 31.5 Å². The summed E-state index contributed by atoms with van der Waals surface area (Å²) < 4.78 is 0. The number of hydrogen-bond acceptors (Lipinski definition) is 8. The lowest BCUT2D eigenvalue weighted by atomic mass is 9.95. The lowest BCUT2D eigenvalue weighted by molar-refractivity contribution is -0.125. The van der Waals surface area contributed by atoms with Crippen molar-refractivity contribution < 1.29 is 19.2 Å². The number of aldehydes is 1. The van der Waals surface area contributed by atoms with Gasteiger partial charge in [-0.3, -0.25) is 19.3 Å². The third-order valence-electron chi connectivity index (χ3n) is 8.93. The predicted octanol–water partition coefficient (Wildman–Crippen LogP) is 2.34. The summed E-state index contributed by atoms with van der Waals surface area (Å²) in [6.45, 7) is 9.49. The van der Waals surface area contributed by atoms with E-state index in [1.165, 1.54) is 18.3 Å². The van der Waals surface area contributed by atoms with E-state index >= 15 is 0 Å². The Morgan fingerprint density at radius 1 is 0.933 bits per heavy atom. The van der Waals surface area contributed by atoms with Crippen molar-refractivity contribution >= 4 is 41.1 Å². The van der Waals surface area contributed by atoms with Crippen molar-refractivity contribution in [3.63, 3.8) is 0 Å². The quantitative estimate of drug-likeness (QED) is 0.144. The van der Waals surface area contributed by atoms with Gasteiger partial charge in [0, 0.05) is 82.3 Å². The van der Waals surface area contributed by atoms with E-state index in [9.17, 15) is 19.2 Å². The summed E-state index contributed by atoms with van der Waals surface area (Å²) in [4.78, 5) is 55.9. The number of aryl methyl sites for hydroxylation is 1. The van der Waals surface area contributed by atoms with Crippen molar-refractivity contribution in [2.45, 2.75) is 51.5 Å². The number of nitrogens with one attached hydrogen (secondary N) is 3. The van der Waals surface area contributed by atoms with Gasteiger partial charge in [-0.2, -0.15) is 0 Å². The van der Waals surface area contributed by atoms with E-state index in [1.54, 1.807) is 12.1 Å². The molecule has 0 bridgehead atoms. The second kappa shape index (κ2) is 16.8. The van der Waals surface area contributed by atoms with E-state index in [0.29, 0.717) is 31.6 Å². The molecule has 2 aromatic rings. The number of amides is 3. The van der Waals surface area contributed by atoms with E-state index in [-0.39, 0.29) is 36.1 Å². The van der Waals surface area contributed by atoms with E-state index in [0.717, 1.165) is 64.1 Å². The predicted molar refractivity (Wildman–Crippen MR) is 178 cm³/mol. The van der Waals surface area contributed by atoms with Crippen LogP contribution in [0.25, 0.3) is 0 Å². The van der Waals surface area contributed by atoms with Crippen molar-refractivity contribution in [1.29, 1.82) is 0 Å². The van der Waals surface area contributed by atoms with Crippen LogP contribution in [0.3, 0.4) is 0 Å². The lowest BCUT2D eigenvalue weighted by Gasteiger charge is -2.36. The molecule has 0 saturated carbocycles. The zero-order chi connectivity index (χ0) is 32.2. The molecule has 4 rings (SSSR count). The summed E-state index contributed by atoms with van der Waals surface area (Å²) in [5.41, 5.74) is 10.1. The van der Waals surface area contributed by atoms with Crippen molar-refractivity contribution in [3.8, 4) is 0 Å². The Balaban J connectivity index is 1.14. The molecule has 0 aromatic heterocycles. The van der Waals surface area contributed by atoms with E-state index in [2.05, 4.69) is 61.8 Å². The number of carbonyl (C=O) groups excluding carboxylic acids is 4. The molecule has 1 atom stereocenters. The van der Waals surface area contributed by atoms with Crippen LogP contribution in [0.15, 0.2) is 42.5 Å². The van der Waals surface area contributed by atoms with Gasteiger partial charge in [0.05, 0.1) is 11.6 Å². The molecule has 11 heteroatoms. The average Bonchev–Trinajstić information content (AvgIpc) is 3.07. The SMILES string of the molecule is CNC(=O)CCC(C=O)NC(=O)c1cc(N2CCC(C(=O)NCCCCN3CCN(c4ccc(C)cc4)CC3)CC2)ccc1N. The number of nitrogen functional groups attached to an aromatic ring is 1. The Morgan fingerprint density at radius 2 is 1.60 bits per heavy atom. The van der Waals surface area contributed by atoms with Gasteiger partial charge in [-0.1, -0.05) is 17.7 Å². The monoisotopic (exact) mass is 619 g/mol. The largest absolute Gasteiger partial charge is 0.398 e. The van der Waals surface area contributed by atoms with Crippen LogP contribution in [-0.4, -0.2) is 94.4 Å². The fraction of sp³-hybridized carbons (Fsp3) is 0.529. The van der Waals surface area contributed by atoms with Gasteiger partial charge in [-0.25, -0.2) is 0 Å². The number of hydrogen-bond donors (Lipinski definition) is 4. The molecule has 2 fully saturated rings. The molecule has 0 aliphatic carbocycles. The molecule has 1 unspecified atom stereocenters. The van der Waals surface area contributed by atoms with Gasteiger partial charge in [0.2, 0.25) is 11.8 Å². The minimum Gasteiger partial charge on any atom is -0.398 e. The van der Waals surface area contributed by atoms with Crippen LogP contribution >= 0.6 is 0 Å². The highest BCUT2D eigenvalue weighted by atomic mass is 16.2. The smallest absolute Gasteiger partial charge is 0.254 e. The summed E-state index contributed by atoms with van der Waals surface area (Å²) in [5, 5.41) is 8.32. The molecule has 244 valence electrons. The Morgan fingerprint density at radius 3 is 2.27 bits per heavy atom. The molecule has 3 amide bonds. The molecule has 2 aliphatic rings. The van der Waals surface area contributed by atoms with Crippen LogP contribution in [-0.2, 0) is 14.4 Å². The highest BCUT2D eigenvalue weighted by Gasteiger charge is 2.26. The van der Waals surface area contributed by atoms with Gasteiger partial charge in [0.15, 0.2) is 0 Å². The summed E-state index contributed by atoms with van der Waals surface area (Å²) in [6, 6.07) is 13.3. The third kappa shape index (κ3) is 9.94. The molecule has 5 N–H and O–H groups in total. The molecule has 45 heavy (non-hydrogen) atoms. The minimum atomic E-state index is -0.785. The summed E-state index contributed by atoms with van der Waals surface area (Å²) >= 11 is 0. The number of nitrogens with two attached hydrogens (primary N) is 1. The molecule has 2 aliphatic heterocycles. The first-order valence-corrected chi connectivity index (χ1v) is 16.2. The number of benzene rings is 2. The number of nitrogens with zero attached hydrogens (tertiary/aromatic N) is 3. The van der Waals surface area contributed by atoms with Gasteiger partial charge < -0.3 is 36.3 Å².